The molecule has 3 aromatic heterocycles. The molecule has 0 saturated carbocycles. The molecule has 7 heteroatoms. The Bertz CT molecular complexity index is 1110. The van der Waals surface area contributed by atoms with Gasteiger partial charge in [0.15, 0.2) is 11.5 Å². The zero-order valence-corrected chi connectivity index (χ0v) is 14.5. The van der Waals surface area contributed by atoms with Gasteiger partial charge in [0.05, 0.1) is 19.2 Å². The van der Waals surface area contributed by atoms with E-state index in [1.165, 1.54) is 0 Å². The minimum absolute atomic E-state index is 0.187. The largest absolute Gasteiger partial charge is 0.495 e. The van der Waals surface area contributed by atoms with Gasteiger partial charge in [0.25, 0.3) is 5.91 Å². The van der Waals surface area contributed by atoms with Crippen LogP contribution in [0.4, 0.5) is 0 Å². The first-order valence-corrected chi connectivity index (χ1v) is 8.15. The number of hydrogen-bond donors (Lipinski definition) is 0. The number of pyridine rings is 2. The number of methoxy groups -OCH3 is 1. The third-order valence-electron chi connectivity index (χ3n) is 4.27. The number of para-hydroxylation sites is 1. The standard InChI is InChI=1S/C19H17N5O2/c1-23(12-17-22-21-16-9-5-6-10-24(16)17)19(25)14-11-20-15-8-4-3-7-13(15)18(14)26-2/h3-11H,12H2,1-2H3. The average Bonchev–Trinajstić information content (AvgIpc) is 3.09. The van der Waals surface area contributed by atoms with E-state index in [2.05, 4.69) is 15.2 Å². The van der Waals surface area contributed by atoms with E-state index in [0.717, 1.165) is 16.6 Å². The Morgan fingerprint density at radius 1 is 1.15 bits per heavy atom. The van der Waals surface area contributed by atoms with E-state index in [1.54, 1.807) is 25.3 Å². The second-order valence-corrected chi connectivity index (χ2v) is 5.93. The number of rotatable bonds is 4. The van der Waals surface area contributed by atoms with Crippen molar-refractivity contribution >= 4 is 22.5 Å². The lowest BCUT2D eigenvalue weighted by Gasteiger charge is -2.18. The maximum Gasteiger partial charge on any atom is 0.259 e. The fourth-order valence-electron chi connectivity index (χ4n) is 2.98. The minimum atomic E-state index is -0.187. The number of carbonyl (C=O) groups excluding carboxylic acids is 1. The number of fused-ring (bicyclic) bond motifs is 2. The first-order valence-electron chi connectivity index (χ1n) is 8.15. The Morgan fingerprint density at radius 2 is 1.96 bits per heavy atom. The molecule has 130 valence electrons. The summed E-state index contributed by atoms with van der Waals surface area (Å²) in [6.07, 6.45) is 3.43. The molecule has 0 fully saturated rings. The zero-order chi connectivity index (χ0) is 18.1. The Labute approximate surface area is 149 Å². The van der Waals surface area contributed by atoms with Crippen LogP contribution in [-0.4, -0.2) is 44.5 Å². The van der Waals surface area contributed by atoms with E-state index in [0.29, 0.717) is 23.7 Å². The quantitative estimate of drug-likeness (QED) is 0.567. The molecule has 0 bridgehead atoms. The van der Waals surface area contributed by atoms with Gasteiger partial charge < -0.3 is 9.64 Å². The van der Waals surface area contributed by atoms with E-state index in [9.17, 15) is 4.79 Å². The molecule has 0 saturated heterocycles. The van der Waals surface area contributed by atoms with Gasteiger partial charge in [-0.3, -0.25) is 14.2 Å². The summed E-state index contributed by atoms with van der Waals surface area (Å²) in [4.78, 5) is 18.9. The van der Waals surface area contributed by atoms with Crippen LogP contribution in [0.2, 0.25) is 0 Å². The summed E-state index contributed by atoms with van der Waals surface area (Å²) in [5.74, 6) is 1.02. The highest BCUT2D eigenvalue weighted by Gasteiger charge is 2.21. The maximum absolute atomic E-state index is 13.0. The van der Waals surface area contributed by atoms with Gasteiger partial charge in [0.2, 0.25) is 0 Å². The summed E-state index contributed by atoms with van der Waals surface area (Å²) < 4.78 is 7.38. The number of carbonyl (C=O) groups is 1. The molecule has 0 radical (unpaired) electrons. The molecule has 0 atom stereocenters. The van der Waals surface area contributed by atoms with Crippen LogP contribution >= 0.6 is 0 Å². The van der Waals surface area contributed by atoms with Crippen molar-refractivity contribution in [2.75, 3.05) is 14.2 Å². The van der Waals surface area contributed by atoms with Gasteiger partial charge in [-0.1, -0.05) is 18.2 Å². The van der Waals surface area contributed by atoms with Crippen LogP contribution in [-0.2, 0) is 6.54 Å². The minimum Gasteiger partial charge on any atom is -0.495 e. The molecule has 26 heavy (non-hydrogen) atoms. The smallest absolute Gasteiger partial charge is 0.259 e. The number of benzene rings is 1. The number of aromatic nitrogens is 4. The highest BCUT2D eigenvalue weighted by atomic mass is 16.5. The Morgan fingerprint density at radius 3 is 2.81 bits per heavy atom. The van der Waals surface area contributed by atoms with Crippen LogP contribution in [0.1, 0.15) is 16.2 Å². The van der Waals surface area contributed by atoms with Crippen molar-refractivity contribution in [2.45, 2.75) is 6.54 Å². The van der Waals surface area contributed by atoms with E-state index in [-0.39, 0.29) is 5.91 Å². The molecule has 0 spiro atoms. The number of hydrogen-bond acceptors (Lipinski definition) is 5. The van der Waals surface area contributed by atoms with Crippen LogP contribution in [0.5, 0.6) is 5.75 Å². The molecule has 0 N–H and O–H groups in total. The first-order chi connectivity index (χ1) is 12.7. The van der Waals surface area contributed by atoms with Gasteiger partial charge in [-0.15, -0.1) is 10.2 Å². The lowest BCUT2D eigenvalue weighted by atomic mass is 10.1. The molecule has 7 nitrogen and oxygen atoms in total. The molecule has 1 aromatic carbocycles. The number of ether oxygens (including phenoxy) is 1. The van der Waals surface area contributed by atoms with Gasteiger partial charge in [0, 0.05) is 24.8 Å². The van der Waals surface area contributed by atoms with Crippen LogP contribution in [0.25, 0.3) is 16.6 Å². The Hall–Kier alpha value is -3.48. The SMILES string of the molecule is COc1c(C(=O)N(C)Cc2nnc3ccccn23)cnc2ccccc12. The summed E-state index contributed by atoms with van der Waals surface area (Å²) in [6, 6.07) is 13.2. The molecule has 4 rings (SSSR count). The van der Waals surface area contributed by atoms with Crippen molar-refractivity contribution in [1.82, 2.24) is 24.5 Å². The second-order valence-electron chi connectivity index (χ2n) is 5.93. The fraction of sp³-hybridized carbons (Fsp3) is 0.158. The van der Waals surface area contributed by atoms with Gasteiger partial charge in [0.1, 0.15) is 11.3 Å². The van der Waals surface area contributed by atoms with Gasteiger partial charge in [-0.25, -0.2) is 0 Å². The highest BCUT2D eigenvalue weighted by Crippen LogP contribution is 2.28. The molecule has 0 aliphatic rings. The highest BCUT2D eigenvalue weighted by molar-refractivity contribution is 6.02. The third-order valence-corrected chi connectivity index (χ3v) is 4.27. The van der Waals surface area contributed by atoms with Gasteiger partial charge in [-0.2, -0.15) is 0 Å². The lowest BCUT2D eigenvalue weighted by molar-refractivity contribution is 0.0777. The van der Waals surface area contributed by atoms with E-state index < -0.39 is 0 Å². The maximum atomic E-state index is 13.0. The van der Waals surface area contributed by atoms with Crippen LogP contribution in [0.15, 0.2) is 54.9 Å². The second kappa shape index (κ2) is 6.44. The van der Waals surface area contributed by atoms with Crippen molar-refractivity contribution in [3.63, 3.8) is 0 Å². The van der Waals surface area contributed by atoms with Crippen molar-refractivity contribution in [3.05, 3.63) is 66.2 Å². The van der Waals surface area contributed by atoms with Crippen LogP contribution < -0.4 is 4.74 Å². The normalized spacial score (nSPS) is 11.0. The molecular weight excluding hydrogens is 330 g/mol. The van der Waals surface area contributed by atoms with Crippen molar-refractivity contribution in [2.24, 2.45) is 0 Å². The number of nitrogens with zero attached hydrogens (tertiary/aromatic N) is 5. The van der Waals surface area contributed by atoms with Crippen LogP contribution in [0, 0.1) is 0 Å². The summed E-state index contributed by atoms with van der Waals surface area (Å²) in [7, 11) is 3.28. The molecule has 4 aromatic rings. The molecule has 0 aliphatic heterocycles. The van der Waals surface area contributed by atoms with E-state index in [4.69, 9.17) is 4.74 Å². The van der Waals surface area contributed by atoms with Gasteiger partial charge >= 0.3 is 0 Å². The Balaban J connectivity index is 1.68. The zero-order valence-electron chi connectivity index (χ0n) is 14.5. The van der Waals surface area contributed by atoms with Gasteiger partial charge in [-0.05, 0) is 24.3 Å². The monoisotopic (exact) mass is 347 g/mol. The van der Waals surface area contributed by atoms with E-state index in [1.807, 2.05) is 53.1 Å². The lowest BCUT2D eigenvalue weighted by Crippen LogP contribution is -2.27. The first kappa shape index (κ1) is 16.0. The Kier molecular flexibility index (Phi) is 3.96. The third kappa shape index (κ3) is 2.63. The summed E-state index contributed by atoms with van der Waals surface area (Å²) in [6.45, 7) is 0.319. The van der Waals surface area contributed by atoms with Crippen molar-refractivity contribution in [1.29, 1.82) is 0 Å². The molecular formula is C19H17N5O2. The predicted octanol–water partition coefficient (Wildman–Crippen LogP) is 2.56. The fourth-order valence-corrected chi connectivity index (χ4v) is 2.98. The summed E-state index contributed by atoms with van der Waals surface area (Å²) in [5, 5.41) is 9.10. The van der Waals surface area contributed by atoms with Crippen molar-refractivity contribution in [3.8, 4) is 5.75 Å². The molecule has 0 aliphatic carbocycles. The summed E-state index contributed by atoms with van der Waals surface area (Å²) >= 11 is 0. The van der Waals surface area contributed by atoms with Crippen molar-refractivity contribution < 1.29 is 9.53 Å². The molecule has 3 heterocycles. The summed E-state index contributed by atoms with van der Waals surface area (Å²) in [5.41, 5.74) is 1.95. The topological polar surface area (TPSA) is 72.6 Å². The van der Waals surface area contributed by atoms with Crippen LogP contribution in [0.3, 0.4) is 0 Å². The molecule has 1 amide bonds. The predicted molar refractivity (Wildman–Crippen MR) is 97.1 cm³/mol. The van der Waals surface area contributed by atoms with E-state index >= 15 is 0 Å². The number of amides is 1. The average molecular weight is 347 g/mol. The molecule has 0 unspecified atom stereocenters.